The van der Waals surface area contributed by atoms with E-state index in [0.29, 0.717) is 6.54 Å². The SMILES string of the molecule is CC(C(=O)NCc1ccc(S(N)(=O)=O)cc1)n1cccn1. The van der Waals surface area contributed by atoms with Gasteiger partial charge in [-0.15, -0.1) is 0 Å². The van der Waals surface area contributed by atoms with Gasteiger partial charge in [-0.25, -0.2) is 13.6 Å². The maximum atomic E-state index is 12.0. The van der Waals surface area contributed by atoms with Crippen molar-refractivity contribution < 1.29 is 13.2 Å². The summed E-state index contributed by atoms with van der Waals surface area (Å²) in [6, 6.07) is 7.37. The molecule has 8 heteroatoms. The number of amides is 1. The molecule has 0 fully saturated rings. The van der Waals surface area contributed by atoms with Gasteiger partial charge in [0.2, 0.25) is 15.9 Å². The van der Waals surface area contributed by atoms with E-state index in [4.69, 9.17) is 5.14 Å². The number of carbonyl (C=O) groups is 1. The Kier molecular flexibility index (Phi) is 4.39. The summed E-state index contributed by atoms with van der Waals surface area (Å²) in [5.41, 5.74) is 0.781. The first-order valence-corrected chi connectivity index (χ1v) is 7.81. The zero-order valence-corrected chi connectivity index (χ0v) is 12.2. The molecule has 1 aromatic heterocycles. The van der Waals surface area contributed by atoms with Crippen LogP contribution in [0.3, 0.4) is 0 Å². The first-order chi connectivity index (χ1) is 9.88. The smallest absolute Gasteiger partial charge is 0.244 e. The third kappa shape index (κ3) is 3.89. The Morgan fingerprint density at radius 1 is 1.38 bits per heavy atom. The summed E-state index contributed by atoms with van der Waals surface area (Å²) >= 11 is 0. The highest BCUT2D eigenvalue weighted by atomic mass is 32.2. The van der Waals surface area contributed by atoms with Crippen LogP contribution in [0, 0.1) is 0 Å². The second-order valence-corrected chi connectivity index (χ2v) is 6.13. The van der Waals surface area contributed by atoms with E-state index in [2.05, 4.69) is 10.4 Å². The first-order valence-electron chi connectivity index (χ1n) is 6.26. The Morgan fingerprint density at radius 3 is 2.57 bits per heavy atom. The highest BCUT2D eigenvalue weighted by Gasteiger charge is 2.14. The molecule has 1 amide bonds. The van der Waals surface area contributed by atoms with Crippen molar-refractivity contribution in [1.29, 1.82) is 0 Å². The van der Waals surface area contributed by atoms with Crippen molar-refractivity contribution in [2.45, 2.75) is 24.4 Å². The number of sulfonamides is 1. The highest BCUT2D eigenvalue weighted by Crippen LogP contribution is 2.09. The van der Waals surface area contributed by atoms with E-state index < -0.39 is 16.1 Å². The number of hydrogen-bond donors (Lipinski definition) is 2. The normalized spacial score (nSPS) is 12.9. The van der Waals surface area contributed by atoms with Crippen LogP contribution in [0.1, 0.15) is 18.5 Å². The number of nitrogens with two attached hydrogens (primary N) is 1. The number of carbonyl (C=O) groups excluding carboxylic acids is 1. The van der Waals surface area contributed by atoms with Crippen LogP contribution in [0.25, 0.3) is 0 Å². The van der Waals surface area contributed by atoms with Gasteiger partial charge < -0.3 is 5.32 Å². The molecule has 1 aromatic carbocycles. The van der Waals surface area contributed by atoms with Gasteiger partial charge in [0.15, 0.2) is 0 Å². The summed E-state index contributed by atoms with van der Waals surface area (Å²) < 4.78 is 23.8. The van der Waals surface area contributed by atoms with E-state index >= 15 is 0 Å². The molecule has 2 rings (SSSR count). The monoisotopic (exact) mass is 308 g/mol. The van der Waals surface area contributed by atoms with Gasteiger partial charge in [-0.2, -0.15) is 5.10 Å². The predicted octanol–water partition coefficient (Wildman–Crippen LogP) is 0.408. The molecule has 3 N–H and O–H groups in total. The summed E-state index contributed by atoms with van der Waals surface area (Å²) in [5.74, 6) is -0.172. The number of primary sulfonamides is 1. The number of nitrogens with one attached hydrogen (secondary N) is 1. The third-order valence-corrected chi connectivity index (χ3v) is 3.95. The lowest BCUT2D eigenvalue weighted by atomic mass is 10.2. The predicted molar refractivity (Wildman–Crippen MR) is 76.6 cm³/mol. The van der Waals surface area contributed by atoms with Crippen molar-refractivity contribution in [3.8, 4) is 0 Å². The molecule has 0 aliphatic carbocycles. The molecule has 1 heterocycles. The number of benzene rings is 1. The van der Waals surface area contributed by atoms with E-state index in [-0.39, 0.29) is 10.8 Å². The molecule has 0 aliphatic rings. The lowest BCUT2D eigenvalue weighted by Crippen LogP contribution is -2.30. The first kappa shape index (κ1) is 15.2. The minimum atomic E-state index is -3.69. The minimum absolute atomic E-state index is 0.0440. The van der Waals surface area contributed by atoms with Gasteiger partial charge in [-0.3, -0.25) is 9.48 Å². The Labute approximate surface area is 122 Å². The van der Waals surface area contributed by atoms with Gasteiger partial charge in [-0.05, 0) is 30.7 Å². The Bertz CT molecular complexity index is 708. The van der Waals surface area contributed by atoms with Gasteiger partial charge in [0.05, 0.1) is 4.90 Å². The largest absolute Gasteiger partial charge is 0.350 e. The number of aromatic nitrogens is 2. The third-order valence-electron chi connectivity index (χ3n) is 3.02. The molecular weight excluding hydrogens is 292 g/mol. The van der Waals surface area contributed by atoms with E-state index in [1.165, 1.54) is 12.1 Å². The van der Waals surface area contributed by atoms with Gasteiger partial charge in [0.1, 0.15) is 6.04 Å². The summed E-state index contributed by atoms with van der Waals surface area (Å²) in [6.07, 6.45) is 3.32. The number of rotatable bonds is 5. The Balaban J connectivity index is 1.95. The lowest BCUT2D eigenvalue weighted by molar-refractivity contribution is -0.124. The second-order valence-electron chi connectivity index (χ2n) is 4.57. The highest BCUT2D eigenvalue weighted by molar-refractivity contribution is 7.89. The minimum Gasteiger partial charge on any atom is -0.350 e. The van der Waals surface area contributed by atoms with Crippen molar-refractivity contribution in [3.63, 3.8) is 0 Å². The van der Waals surface area contributed by atoms with Crippen molar-refractivity contribution in [1.82, 2.24) is 15.1 Å². The molecule has 1 unspecified atom stereocenters. The zero-order chi connectivity index (χ0) is 15.5. The molecule has 0 bridgehead atoms. The lowest BCUT2D eigenvalue weighted by Gasteiger charge is -2.12. The molecule has 0 aliphatic heterocycles. The van der Waals surface area contributed by atoms with Gasteiger partial charge in [0, 0.05) is 18.9 Å². The zero-order valence-electron chi connectivity index (χ0n) is 11.4. The van der Waals surface area contributed by atoms with Crippen LogP contribution in [0.2, 0.25) is 0 Å². The van der Waals surface area contributed by atoms with Crippen LogP contribution in [-0.4, -0.2) is 24.1 Å². The summed E-state index contributed by atoms with van der Waals surface area (Å²) in [7, 11) is -3.69. The van der Waals surface area contributed by atoms with E-state index in [1.54, 1.807) is 42.2 Å². The van der Waals surface area contributed by atoms with Crippen LogP contribution >= 0.6 is 0 Å². The number of nitrogens with zero attached hydrogens (tertiary/aromatic N) is 2. The molecule has 112 valence electrons. The van der Waals surface area contributed by atoms with Crippen LogP contribution in [0.4, 0.5) is 0 Å². The van der Waals surface area contributed by atoms with Gasteiger partial charge in [0.25, 0.3) is 0 Å². The average Bonchev–Trinajstić information content (AvgIpc) is 2.97. The summed E-state index contributed by atoms with van der Waals surface area (Å²) in [5, 5.41) is 11.8. The fourth-order valence-corrected chi connectivity index (χ4v) is 2.28. The molecule has 0 spiro atoms. The fourth-order valence-electron chi connectivity index (χ4n) is 1.76. The quantitative estimate of drug-likeness (QED) is 0.834. The van der Waals surface area contributed by atoms with Crippen LogP contribution in [0.5, 0.6) is 0 Å². The maximum Gasteiger partial charge on any atom is 0.244 e. The van der Waals surface area contributed by atoms with E-state index in [9.17, 15) is 13.2 Å². The topological polar surface area (TPSA) is 107 Å². The van der Waals surface area contributed by atoms with Crippen LogP contribution < -0.4 is 10.5 Å². The van der Waals surface area contributed by atoms with Crippen molar-refractivity contribution in [3.05, 3.63) is 48.3 Å². The average molecular weight is 308 g/mol. The Hall–Kier alpha value is -2.19. The van der Waals surface area contributed by atoms with E-state index in [0.717, 1.165) is 5.56 Å². The molecule has 0 saturated carbocycles. The molecule has 21 heavy (non-hydrogen) atoms. The van der Waals surface area contributed by atoms with Crippen molar-refractivity contribution >= 4 is 15.9 Å². The van der Waals surface area contributed by atoms with Crippen LogP contribution in [-0.2, 0) is 21.4 Å². The fraction of sp³-hybridized carbons (Fsp3) is 0.231. The van der Waals surface area contributed by atoms with E-state index in [1.807, 2.05) is 0 Å². The maximum absolute atomic E-state index is 12.0. The summed E-state index contributed by atoms with van der Waals surface area (Å²) in [6.45, 7) is 2.04. The molecule has 0 radical (unpaired) electrons. The molecule has 0 saturated heterocycles. The van der Waals surface area contributed by atoms with Gasteiger partial charge >= 0.3 is 0 Å². The van der Waals surface area contributed by atoms with Crippen molar-refractivity contribution in [2.75, 3.05) is 0 Å². The molecule has 1 atom stereocenters. The second kappa shape index (κ2) is 6.06. The van der Waals surface area contributed by atoms with Gasteiger partial charge in [-0.1, -0.05) is 12.1 Å². The summed E-state index contributed by atoms with van der Waals surface area (Å²) in [4.78, 5) is 12.0. The molecule has 7 nitrogen and oxygen atoms in total. The molecule has 2 aromatic rings. The van der Waals surface area contributed by atoms with Crippen LogP contribution in [0.15, 0.2) is 47.6 Å². The Morgan fingerprint density at radius 2 is 2.05 bits per heavy atom. The van der Waals surface area contributed by atoms with Crippen molar-refractivity contribution in [2.24, 2.45) is 5.14 Å². The number of hydrogen-bond acceptors (Lipinski definition) is 4. The standard InChI is InChI=1S/C13H16N4O3S/c1-10(17-8-2-7-16-17)13(18)15-9-11-3-5-12(6-4-11)21(14,19)20/h2-8,10H,9H2,1H3,(H,15,18)(H2,14,19,20). The molecular formula is C13H16N4O3S.